The summed E-state index contributed by atoms with van der Waals surface area (Å²) in [5, 5.41) is 2.54. The Morgan fingerprint density at radius 1 is 1.00 bits per heavy atom. The molecule has 2 amide bonds. The molecule has 0 saturated carbocycles. The summed E-state index contributed by atoms with van der Waals surface area (Å²) < 4.78 is 26.5. The molecule has 144 valence electrons. The molecule has 1 atom stereocenters. The van der Waals surface area contributed by atoms with Crippen molar-refractivity contribution in [1.29, 1.82) is 0 Å². The van der Waals surface area contributed by atoms with E-state index in [1.807, 2.05) is 24.3 Å². The Kier molecular flexibility index (Phi) is 6.31. The summed E-state index contributed by atoms with van der Waals surface area (Å²) in [4.78, 5) is 23.9. The second-order valence-electron chi connectivity index (χ2n) is 7.63. The molecule has 3 N–H and O–H groups in total. The van der Waals surface area contributed by atoms with E-state index in [-0.39, 0.29) is 23.8 Å². The highest BCUT2D eigenvalue weighted by atomic mass is 19.1. The first-order valence-corrected chi connectivity index (χ1v) is 8.67. The van der Waals surface area contributed by atoms with Crippen molar-refractivity contribution in [2.45, 2.75) is 45.1 Å². The molecule has 0 unspecified atom stereocenters. The van der Waals surface area contributed by atoms with Crippen LogP contribution in [0.3, 0.4) is 0 Å². The van der Waals surface area contributed by atoms with Gasteiger partial charge in [-0.25, -0.2) is 8.78 Å². The number of rotatable bonds is 6. The lowest BCUT2D eigenvalue weighted by Crippen LogP contribution is -2.46. The minimum atomic E-state index is -0.906. The highest BCUT2D eigenvalue weighted by Crippen LogP contribution is 2.22. The molecule has 0 spiro atoms. The molecular formula is C21H24F2N2O2. The van der Waals surface area contributed by atoms with Crippen molar-refractivity contribution < 1.29 is 18.4 Å². The lowest BCUT2D eigenvalue weighted by atomic mass is 9.86. The fraction of sp³-hybridized carbons (Fsp3) is 0.333. The smallest absolute Gasteiger partial charge is 0.240 e. The van der Waals surface area contributed by atoms with Gasteiger partial charge in [-0.2, -0.15) is 0 Å². The molecule has 2 aromatic carbocycles. The van der Waals surface area contributed by atoms with Crippen LogP contribution in [0.25, 0.3) is 0 Å². The quantitative estimate of drug-likeness (QED) is 0.816. The molecule has 0 radical (unpaired) electrons. The first kappa shape index (κ1) is 20.6. The number of nitrogens with two attached hydrogens (primary N) is 1. The molecule has 0 fully saturated rings. The minimum Gasteiger partial charge on any atom is -0.368 e. The average molecular weight is 374 g/mol. The number of benzene rings is 2. The summed E-state index contributed by atoms with van der Waals surface area (Å²) in [6.45, 7) is 6.30. The largest absolute Gasteiger partial charge is 0.368 e. The van der Waals surface area contributed by atoms with Gasteiger partial charge in [0.2, 0.25) is 11.8 Å². The van der Waals surface area contributed by atoms with Crippen molar-refractivity contribution in [2.75, 3.05) is 0 Å². The molecule has 0 aliphatic heterocycles. The van der Waals surface area contributed by atoms with E-state index in [9.17, 15) is 18.4 Å². The molecule has 4 nitrogen and oxygen atoms in total. The van der Waals surface area contributed by atoms with Crippen LogP contribution in [-0.4, -0.2) is 17.9 Å². The Morgan fingerprint density at radius 3 is 2.04 bits per heavy atom. The predicted molar refractivity (Wildman–Crippen MR) is 100 cm³/mol. The van der Waals surface area contributed by atoms with Gasteiger partial charge in [0, 0.05) is 12.5 Å². The van der Waals surface area contributed by atoms with Crippen molar-refractivity contribution in [3.8, 4) is 0 Å². The molecule has 27 heavy (non-hydrogen) atoms. The van der Waals surface area contributed by atoms with Gasteiger partial charge in [0.15, 0.2) is 0 Å². The van der Waals surface area contributed by atoms with Crippen LogP contribution in [0.5, 0.6) is 0 Å². The van der Waals surface area contributed by atoms with Crippen LogP contribution in [0.15, 0.2) is 42.5 Å². The van der Waals surface area contributed by atoms with Crippen molar-refractivity contribution in [3.63, 3.8) is 0 Å². The molecule has 0 aliphatic carbocycles. The second-order valence-corrected chi connectivity index (χ2v) is 7.63. The Balaban J connectivity index is 2.04. The van der Waals surface area contributed by atoms with Crippen LogP contribution < -0.4 is 11.1 Å². The third kappa shape index (κ3) is 6.16. The molecule has 6 heteroatoms. The van der Waals surface area contributed by atoms with Crippen molar-refractivity contribution >= 4 is 11.8 Å². The van der Waals surface area contributed by atoms with Crippen LogP contribution in [-0.2, 0) is 27.8 Å². The topological polar surface area (TPSA) is 72.2 Å². The lowest BCUT2D eigenvalue weighted by molar-refractivity contribution is -0.127. The van der Waals surface area contributed by atoms with Crippen molar-refractivity contribution in [2.24, 2.45) is 5.73 Å². The van der Waals surface area contributed by atoms with E-state index < -0.39 is 29.5 Å². The monoisotopic (exact) mass is 374 g/mol. The number of hydrogen-bond donors (Lipinski definition) is 2. The highest BCUT2D eigenvalue weighted by Gasteiger charge is 2.20. The highest BCUT2D eigenvalue weighted by molar-refractivity contribution is 5.87. The minimum absolute atomic E-state index is 0.00999. The molecule has 0 bridgehead atoms. The zero-order chi connectivity index (χ0) is 20.2. The Hall–Kier alpha value is -2.76. The SMILES string of the molecule is CC(C)(C)c1ccc(C[C@@H](NC(=O)Cc2cc(F)cc(F)c2)C(N)=O)cc1. The second kappa shape index (κ2) is 8.29. The summed E-state index contributed by atoms with van der Waals surface area (Å²) in [5.41, 5.74) is 7.60. The van der Waals surface area contributed by atoms with Gasteiger partial charge in [-0.15, -0.1) is 0 Å². The van der Waals surface area contributed by atoms with Gasteiger partial charge in [-0.3, -0.25) is 9.59 Å². The summed E-state index contributed by atoms with van der Waals surface area (Å²) in [6, 6.07) is 9.72. The van der Waals surface area contributed by atoms with E-state index in [4.69, 9.17) is 5.73 Å². The van der Waals surface area contributed by atoms with Crippen LogP contribution in [0.4, 0.5) is 8.78 Å². The van der Waals surface area contributed by atoms with Gasteiger partial charge in [0.05, 0.1) is 6.42 Å². The summed E-state index contributed by atoms with van der Waals surface area (Å²) >= 11 is 0. The molecule has 0 saturated heterocycles. The van der Waals surface area contributed by atoms with Gasteiger partial charge in [0.1, 0.15) is 17.7 Å². The number of primary amides is 1. The van der Waals surface area contributed by atoms with E-state index in [1.54, 1.807) is 0 Å². The van der Waals surface area contributed by atoms with E-state index in [2.05, 4.69) is 26.1 Å². The van der Waals surface area contributed by atoms with Crippen molar-refractivity contribution in [1.82, 2.24) is 5.32 Å². The first-order chi connectivity index (χ1) is 12.5. The van der Waals surface area contributed by atoms with E-state index in [0.29, 0.717) is 0 Å². The van der Waals surface area contributed by atoms with Gasteiger partial charge in [-0.1, -0.05) is 45.0 Å². The maximum atomic E-state index is 13.2. The Labute approximate surface area is 157 Å². The number of hydrogen-bond acceptors (Lipinski definition) is 2. The fourth-order valence-electron chi connectivity index (χ4n) is 2.74. The third-order valence-corrected chi connectivity index (χ3v) is 4.23. The van der Waals surface area contributed by atoms with Gasteiger partial charge in [-0.05, 0) is 34.2 Å². The van der Waals surface area contributed by atoms with Gasteiger partial charge in [0.25, 0.3) is 0 Å². The zero-order valence-corrected chi connectivity index (χ0v) is 15.7. The van der Waals surface area contributed by atoms with Gasteiger partial charge < -0.3 is 11.1 Å². The van der Waals surface area contributed by atoms with Crippen LogP contribution in [0.1, 0.15) is 37.5 Å². The molecule has 0 aliphatic rings. The standard InChI is InChI=1S/C21H24F2N2O2/c1-21(2,3)15-6-4-13(5-7-15)10-18(20(24)27)25-19(26)11-14-8-16(22)12-17(23)9-14/h4-9,12,18H,10-11H2,1-3H3,(H2,24,27)(H,25,26)/t18-/m1/s1. The zero-order valence-electron chi connectivity index (χ0n) is 15.7. The molecule has 2 rings (SSSR count). The maximum Gasteiger partial charge on any atom is 0.240 e. The third-order valence-electron chi connectivity index (χ3n) is 4.23. The van der Waals surface area contributed by atoms with Crippen molar-refractivity contribution in [3.05, 3.63) is 70.8 Å². The molecule has 0 heterocycles. The summed E-state index contributed by atoms with van der Waals surface area (Å²) in [6.07, 6.45) is -0.00949. The van der Waals surface area contributed by atoms with E-state index in [0.717, 1.165) is 29.3 Å². The van der Waals surface area contributed by atoms with Gasteiger partial charge >= 0.3 is 0 Å². The number of halogens is 2. The van der Waals surface area contributed by atoms with Crippen LogP contribution in [0.2, 0.25) is 0 Å². The Bertz CT molecular complexity index is 807. The summed E-state index contributed by atoms with van der Waals surface area (Å²) in [5.74, 6) is -2.73. The first-order valence-electron chi connectivity index (χ1n) is 8.67. The number of carbonyl (C=O) groups excluding carboxylic acids is 2. The molecule has 0 aromatic heterocycles. The molecular weight excluding hydrogens is 350 g/mol. The van der Waals surface area contributed by atoms with Crippen LogP contribution >= 0.6 is 0 Å². The fourth-order valence-corrected chi connectivity index (χ4v) is 2.74. The number of carbonyl (C=O) groups is 2. The average Bonchev–Trinajstić information content (AvgIpc) is 2.52. The van der Waals surface area contributed by atoms with E-state index in [1.165, 1.54) is 0 Å². The van der Waals surface area contributed by atoms with E-state index >= 15 is 0 Å². The summed E-state index contributed by atoms with van der Waals surface area (Å²) in [7, 11) is 0. The molecule has 2 aromatic rings. The Morgan fingerprint density at radius 2 is 1.56 bits per heavy atom. The maximum absolute atomic E-state index is 13.2. The number of amides is 2. The predicted octanol–water partition coefficient (Wildman–Crippen LogP) is 3.02. The normalized spacial score (nSPS) is 12.5. The number of nitrogens with one attached hydrogen (secondary N) is 1. The lowest BCUT2D eigenvalue weighted by Gasteiger charge is -2.20. The van der Waals surface area contributed by atoms with Crippen LogP contribution in [0, 0.1) is 11.6 Å².